The second-order valence-corrected chi connectivity index (χ2v) is 8.72. The van der Waals surface area contributed by atoms with Gasteiger partial charge in [-0.25, -0.2) is 5.48 Å². The highest BCUT2D eigenvalue weighted by Crippen LogP contribution is 2.61. The van der Waals surface area contributed by atoms with Crippen molar-refractivity contribution in [2.45, 2.75) is 58.8 Å². The number of hydrogen-bond donors (Lipinski definition) is 1. The molecule has 0 amide bonds. The molecule has 1 aromatic carbocycles. The topological polar surface area (TPSA) is 73.9 Å². The first-order chi connectivity index (χ1) is 13.8. The highest BCUT2D eigenvalue weighted by atomic mass is 16.7. The molecule has 0 radical (unpaired) electrons. The van der Waals surface area contributed by atoms with E-state index in [0.29, 0.717) is 29.3 Å². The van der Waals surface area contributed by atoms with Gasteiger partial charge in [0.05, 0.1) is 12.8 Å². The smallest absolute Gasteiger partial charge is 0.329 e. The Bertz CT molecular complexity index is 876. The molecule has 4 rings (SSSR count). The third-order valence-electron chi connectivity index (χ3n) is 7.15. The van der Waals surface area contributed by atoms with E-state index in [0.717, 1.165) is 37.8 Å². The van der Waals surface area contributed by atoms with Crippen LogP contribution < -0.4 is 15.0 Å². The summed E-state index contributed by atoms with van der Waals surface area (Å²) in [6, 6.07) is 4.06. The van der Waals surface area contributed by atoms with Crippen LogP contribution >= 0.6 is 0 Å². The van der Waals surface area contributed by atoms with E-state index < -0.39 is 0 Å². The number of allylic oxidation sites excluding steroid dienone is 2. The lowest BCUT2D eigenvalue weighted by molar-refractivity contribution is -0.147. The number of methoxy groups -OCH3 is 1. The summed E-state index contributed by atoms with van der Waals surface area (Å²) in [5.74, 6) is 2.02. The maximum absolute atomic E-state index is 11.4. The van der Waals surface area contributed by atoms with E-state index in [4.69, 9.17) is 14.3 Å². The second kappa shape index (κ2) is 7.39. The van der Waals surface area contributed by atoms with Gasteiger partial charge in [-0.15, -0.1) is 0 Å². The summed E-state index contributed by atoms with van der Waals surface area (Å²) in [6.45, 7) is 5.11. The van der Waals surface area contributed by atoms with Gasteiger partial charge in [0.25, 0.3) is 0 Å². The fourth-order valence-electron chi connectivity index (χ4n) is 5.82. The summed E-state index contributed by atoms with van der Waals surface area (Å²) in [4.78, 5) is 27.8. The second-order valence-electron chi connectivity index (χ2n) is 8.72. The van der Waals surface area contributed by atoms with E-state index in [9.17, 15) is 9.59 Å². The quantitative estimate of drug-likeness (QED) is 0.468. The van der Waals surface area contributed by atoms with Crippen LogP contribution in [-0.4, -0.2) is 19.0 Å². The standard InChI is InChI=1S/C23H29NO5/c1-13(25)28-21-11-15-5-6-17-16(18(15)12-20(21)27-4)9-10-23(3)19(17)7-8-22(23)24-29-14(2)26/h8,11-12,16-17,19,24H,5-7,9-10H2,1-4H3/t16-,17+,19-,23-/m0/s1. The Labute approximate surface area is 171 Å². The molecule has 0 aliphatic heterocycles. The zero-order chi connectivity index (χ0) is 20.8. The molecule has 6 heteroatoms. The van der Waals surface area contributed by atoms with Crippen molar-refractivity contribution in [1.29, 1.82) is 0 Å². The summed E-state index contributed by atoms with van der Waals surface area (Å²) in [5.41, 5.74) is 6.57. The SMILES string of the molecule is COc1cc2c(cc1OC(C)=O)CC[C@@H]1[C@@H]2CC[C@]2(C)C(NOC(C)=O)=CC[C@@H]12. The average molecular weight is 399 g/mol. The Morgan fingerprint density at radius 1 is 1.14 bits per heavy atom. The van der Waals surface area contributed by atoms with Crippen molar-refractivity contribution in [1.82, 2.24) is 5.48 Å². The van der Waals surface area contributed by atoms with Gasteiger partial charge in [0.15, 0.2) is 11.5 Å². The van der Waals surface area contributed by atoms with Crippen molar-refractivity contribution in [2.24, 2.45) is 17.3 Å². The predicted molar refractivity (Wildman–Crippen MR) is 107 cm³/mol. The number of fused-ring (bicyclic) bond motifs is 5. The maximum Gasteiger partial charge on any atom is 0.329 e. The molecule has 1 N–H and O–H groups in total. The molecule has 0 heterocycles. The fourth-order valence-corrected chi connectivity index (χ4v) is 5.82. The van der Waals surface area contributed by atoms with Crippen LogP contribution in [0.2, 0.25) is 0 Å². The molecule has 1 fully saturated rings. The minimum atomic E-state index is -0.338. The van der Waals surface area contributed by atoms with Gasteiger partial charge in [-0.1, -0.05) is 13.0 Å². The highest BCUT2D eigenvalue weighted by molar-refractivity contribution is 5.71. The largest absolute Gasteiger partial charge is 0.493 e. The third-order valence-corrected chi connectivity index (χ3v) is 7.15. The summed E-state index contributed by atoms with van der Waals surface area (Å²) >= 11 is 0. The van der Waals surface area contributed by atoms with Gasteiger partial charge < -0.3 is 14.3 Å². The van der Waals surface area contributed by atoms with Gasteiger partial charge in [-0.3, -0.25) is 9.59 Å². The molecule has 4 atom stereocenters. The van der Waals surface area contributed by atoms with Gasteiger partial charge in [0.2, 0.25) is 0 Å². The van der Waals surface area contributed by atoms with Gasteiger partial charge in [0.1, 0.15) is 0 Å². The number of hydrogen-bond acceptors (Lipinski definition) is 6. The lowest BCUT2D eigenvalue weighted by Crippen LogP contribution is -2.43. The molecule has 0 aromatic heterocycles. The van der Waals surface area contributed by atoms with Crippen molar-refractivity contribution in [3.05, 3.63) is 35.0 Å². The van der Waals surface area contributed by atoms with Crippen molar-refractivity contribution >= 4 is 11.9 Å². The molecule has 29 heavy (non-hydrogen) atoms. The van der Waals surface area contributed by atoms with Crippen LogP contribution in [-0.2, 0) is 20.8 Å². The third kappa shape index (κ3) is 3.38. The summed E-state index contributed by atoms with van der Waals surface area (Å²) in [6.07, 6.45) is 7.38. The van der Waals surface area contributed by atoms with Gasteiger partial charge >= 0.3 is 11.9 Å². The average Bonchev–Trinajstić information content (AvgIpc) is 3.01. The summed E-state index contributed by atoms with van der Waals surface area (Å²) < 4.78 is 10.9. The number of benzene rings is 1. The summed E-state index contributed by atoms with van der Waals surface area (Å²) in [7, 11) is 1.61. The number of rotatable bonds is 4. The van der Waals surface area contributed by atoms with Crippen molar-refractivity contribution in [3.8, 4) is 11.5 Å². The first-order valence-electron chi connectivity index (χ1n) is 10.4. The molecule has 156 valence electrons. The monoisotopic (exact) mass is 399 g/mol. The molecular formula is C23H29NO5. The number of carbonyl (C=O) groups excluding carboxylic acids is 2. The number of carbonyl (C=O) groups is 2. The molecule has 1 aromatic rings. The molecule has 3 aliphatic carbocycles. The van der Waals surface area contributed by atoms with E-state index in [1.807, 2.05) is 6.07 Å². The molecular weight excluding hydrogens is 370 g/mol. The Morgan fingerprint density at radius 3 is 2.62 bits per heavy atom. The molecule has 0 unspecified atom stereocenters. The van der Waals surface area contributed by atoms with Crippen LogP contribution in [0, 0.1) is 17.3 Å². The molecule has 1 saturated carbocycles. The molecule has 0 spiro atoms. The van der Waals surface area contributed by atoms with Gasteiger partial charge in [-0.2, -0.15) is 0 Å². The minimum Gasteiger partial charge on any atom is -0.493 e. The van der Waals surface area contributed by atoms with E-state index >= 15 is 0 Å². The minimum absolute atomic E-state index is 0.00981. The zero-order valence-electron chi connectivity index (χ0n) is 17.5. The van der Waals surface area contributed by atoms with Crippen LogP contribution in [0.4, 0.5) is 0 Å². The zero-order valence-corrected chi connectivity index (χ0v) is 17.5. The Hall–Kier alpha value is -2.50. The number of nitrogens with one attached hydrogen (secondary N) is 1. The molecule has 0 bridgehead atoms. The van der Waals surface area contributed by atoms with Crippen LogP contribution in [0.15, 0.2) is 23.9 Å². The highest BCUT2D eigenvalue weighted by Gasteiger charge is 2.52. The first kappa shape index (κ1) is 19.8. The van der Waals surface area contributed by atoms with Crippen LogP contribution in [0.25, 0.3) is 0 Å². The van der Waals surface area contributed by atoms with Crippen molar-refractivity contribution < 1.29 is 23.9 Å². The van der Waals surface area contributed by atoms with Gasteiger partial charge in [-0.05, 0) is 73.1 Å². The Morgan fingerprint density at radius 2 is 1.93 bits per heavy atom. The van der Waals surface area contributed by atoms with E-state index in [1.54, 1.807) is 7.11 Å². The first-order valence-corrected chi connectivity index (χ1v) is 10.4. The lowest BCUT2D eigenvalue weighted by Gasteiger charge is -2.50. The molecule has 0 saturated heterocycles. The molecule has 6 nitrogen and oxygen atoms in total. The normalized spacial score (nSPS) is 29.7. The lowest BCUT2D eigenvalue weighted by atomic mass is 9.55. The number of esters is 1. The number of ether oxygens (including phenoxy) is 2. The van der Waals surface area contributed by atoms with Crippen molar-refractivity contribution in [3.63, 3.8) is 0 Å². The van der Waals surface area contributed by atoms with Crippen LogP contribution in [0.1, 0.15) is 63.5 Å². The fraction of sp³-hybridized carbons (Fsp3) is 0.565. The summed E-state index contributed by atoms with van der Waals surface area (Å²) in [5, 5.41) is 0. The van der Waals surface area contributed by atoms with E-state index in [-0.39, 0.29) is 17.4 Å². The van der Waals surface area contributed by atoms with Crippen LogP contribution in [0.5, 0.6) is 11.5 Å². The van der Waals surface area contributed by atoms with Crippen molar-refractivity contribution in [2.75, 3.05) is 7.11 Å². The van der Waals surface area contributed by atoms with Crippen LogP contribution in [0.3, 0.4) is 0 Å². The Kier molecular flexibility index (Phi) is 5.05. The number of hydroxylamine groups is 1. The van der Waals surface area contributed by atoms with E-state index in [1.165, 1.54) is 25.0 Å². The molecule has 3 aliphatic rings. The van der Waals surface area contributed by atoms with Gasteiger partial charge in [0, 0.05) is 19.3 Å². The maximum atomic E-state index is 11.4. The Balaban J connectivity index is 1.60. The van der Waals surface area contributed by atoms with E-state index in [2.05, 4.69) is 24.5 Å². The number of aryl methyl sites for hydroxylation is 1. The predicted octanol–water partition coefficient (Wildman–Crippen LogP) is 4.04.